The maximum atomic E-state index is 14.7. The molecule has 1 aliphatic rings. The highest BCUT2D eigenvalue weighted by Crippen LogP contribution is 2.32. The van der Waals surface area contributed by atoms with E-state index < -0.39 is 23.7 Å². The number of benzene rings is 1. The number of anilines is 1. The third-order valence-electron chi connectivity index (χ3n) is 3.68. The van der Waals surface area contributed by atoms with Crippen LogP contribution in [0.1, 0.15) is 17.3 Å². The number of ether oxygens (including phenoxy) is 3. The smallest absolute Gasteiger partial charge is 0.355 e. The summed E-state index contributed by atoms with van der Waals surface area (Å²) in [6.07, 6.45) is 5.60. The SMILES string of the molecule is CCOC(=O)c1cc(N2C=CC=CC(C(=O)OC)=C2C(=O)OC)c(F)cc1Cl. The number of carbonyl (C=O) groups is 3. The molecule has 0 atom stereocenters. The molecule has 0 amide bonds. The number of rotatable bonds is 5. The van der Waals surface area contributed by atoms with Gasteiger partial charge >= 0.3 is 17.9 Å². The first kappa shape index (κ1) is 21.2. The fourth-order valence-electron chi connectivity index (χ4n) is 2.44. The van der Waals surface area contributed by atoms with Gasteiger partial charge in [-0.25, -0.2) is 18.8 Å². The van der Waals surface area contributed by atoms with Crippen molar-refractivity contribution in [3.05, 3.63) is 64.2 Å². The predicted molar refractivity (Wildman–Crippen MR) is 99.2 cm³/mol. The average Bonchev–Trinajstić information content (AvgIpc) is 2.89. The highest BCUT2D eigenvalue weighted by atomic mass is 35.5. The average molecular weight is 410 g/mol. The lowest BCUT2D eigenvalue weighted by molar-refractivity contribution is -0.139. The van der Waals surface area contributed by atoms with E-state index in [1.165, 1.54) is 24.4 Å². The molecule has 1 aromatic carbocycles. The van der Waals surface area contributed by atoms with Gasteiger partial charge in [-0.15, -0.1) is 0 Å². The van der Waals surface area contributed by atoms with E-state index in [0.29, 0.717) is 0 Å². The minimum Gasteiger partial charge on any atom is -0.465 e. The van der Waals surface area contributed by atoms with Crippen LogP contribution in [0.25, 0.3) is 0 Å². The number of esters is 3. The lowest BCUT2D eigenvalue weighted by atomic mass is 10.1. The lowest BCUT2D eigenvalue weighted by Gasteiger charge is -2.24. The number of methoxy groups -OCH3 is 2. The van der Waals surface area contributed by atoms with Gasteiger partial charge in [0.05, 0.1) is 42.7 Å². The Labute approximate surface area is 165 Å². The quantitative estimate of drug-likeness (QED) is 0.545. The van der Waals surface area contributed by atoms with Crippen molar-refractivity contribution < 1.29 is 33.0 Å². The first-order valence-electron chi connectivity index (χ1n) is 8.06. The highest BCUT2D eigenvalue weighted by Gasteiger charge is 2.30. The topological polar surface area (TPSA) is 82.1 Å². The molecule has 0 saturated heterocycles. The van der Waals surface area contributed by atoms with Crippen LogP contribution in [0, 0.1) is 5.82 Å². The zero-order chi connectivity index (χ0) is 20.8. The summed E-state index contributed by atoms with van der Waals surface area (Å²) in [5.41, 5.74) is -0.773. The second kappa shape index (κ2) is 9.18. The van der Waals surface area contributed by atoms with Crippen LogP contribution in [-0.4, -0.2) is 38.7 Å². The molecular formula is C19H17ClFNO6. The van der Waals surface area contributed by atoms with Gasteiger partial charge in [-0.2, -0.15) is 0 Å². The van der Waals surface area contributed by atoms with E-state index in [-0.39, 0.29) is 34.2 Å². The zero-order valence-corrected chi connectivity index (χ0v) is 16.1. The Morgan fingerprint density at radius 3 is 2.36 bits per heavy atom. The summed E-state index contributed by atoms with van der Waals surface area (Å²) >= 11 is 5.96. The molecule has 1 aromatic rings. The Morgan fingerprint density at radius 2 is 1.75 bits per heavy atom. The monoisotopic (exact) mass is 409 g/mol. The van der Waals surface area contributed by atoms with Gasteiger partial charge < -0.3 is 19.1 Å². The molecule has 1 aliphatic heterocycles. The molecule has 0 bridgehead atoms. The summed E-state index contributed by atoms with van der Waals surface area (Å²) in [5.74, 6) is -3.34. The number of nitrogens with zero attached hydrogens (tertiary/aromatic N) is 1. The fourth-order valence-corrected chi connectivity index (χ4v) is 2.67. The van der Waals surface area contributed by atoms with E-state index in [0.717, 1.165) is 31.3 Å². The van der Waals surface area contributed by atoms with Crippen LogP contribution >= 0.6 is 11.6 Å². The van der Waals surface area contributed by atoms with Crippen molar-refractivity contribution in [2.24, 2.45) is 0 Å². The maximum Gasteiger partial charge on any atom is 0.355 e. The number of hydrogen-bond donors (Lipinski definition) is 0. The molecule has 0 N–H and O–H groups in total. The zero-order valence-electron chi connectivity index (χ0n) is 15.3. The Bertz CT molecular complexity index is 906. The molecule has 148 valence electrons. The first-order valence-corrected chi connectivity index (χ1v) is 8.44. The molecule has 0 radical (unpaired) electrons. The first-order chi connectivity index (χ1) is 13.3. The van der Waals surface area contributed by atoms with Crippen molar-refractivity contribution in [3.8, 4) is 0 Å². The van der Waals surface area contributed by atoms with E-state index >= 15 is 0 Å². The summed E-state index contributed by atoms with van der Waals surface area (Å²) in [7, 11) is 2.26. The van der Waals surface area contributed by atoms with Crippen LogP contribution in [0.5, 0.6) is 0 Å². The second-order valence-corrected chi connectivity index (χ2v) is 5.73. The van der Waals surface area contributed by atoms with Gasteiger partial charge in [-0.05, 0) is 31.2 Å². The van der Waals surface area contributed by atoms with E-state index in [1.54, 1.807) is 6.92 Å². The van der Waals surface area contributed by atoms with E-state index in [1.807, 2.05) is 0 Å². The van der Waals surface area contributed by atoms with Crippen molar-refractivity contribution in [3.63, 3.8) is 0 Å². The number of carbonyl (C=O) groups excluding carboxylic acids is 3. The van der Waals surface area contributed by atoms with Crippen molar-refractivity contribution in [1.82, 2.24) is 0 Å². The fraction of sp³-hybridized carbons (Fsp3) is 0.211. The van der Waals surface area contributed by atoms with Crippen LogP contribution in [-0.2, 0) is 23.8 Å². The second-order valence-electron chi connectivity index (χ2n) is 5.32. The van der Waals surface area contributed by atoms with Crippen LogP contribution in [0.3, 0.4) is 0 Å². The molecule has 28 heavy (non-hydrogen) atoms. The standard InChI is InChI=1S/C19H17ClFNO6/c1-4-28-18(24)12-9-15(14(21)10-13(12)20)22-8-6-5-7-11(17(23)26-2)16(22)19(25)27-3/h5-10H,4H2,1-3H3. The van der Waals surface area contributed by atoms with Crippen molar-refractivity contribution >= 4 is 35.2 Å². The molecular weight excluding hydrogens is 393 g/mol. The van der Waals surface area contributed by atoms with E-state index in [2.05, 4.69) is 0 Å². The summed E-state index contributed by atoms with van der Waals surface area (Å²) in [6.45, 7) is 1.70. The van der Waals surface area contributed by atoms with E-state index in [4.69, 9.17) is 25.8 Å². The van der Waals surface area contributed by atoms with Gasteiger partial charge in [0.1, 0.15) is 11.5 Å². The van der Waals surface area contributed by atoms with Gasteiger partial charge in [0.15, 0.2) is 0 Å². The molecule has 1 heterocycles. The number of hydrogen-bond acceptors (Lipinski definition) is 7. The third-order valence-corrected chi connectivity index (χ3v) is 3.99. The number of allylic oxidation sites excluding steroid dienone is 2. The van der Waals surface area contributed by atoms with Crippen molar-refractivity contribution in [2.75, 3.05) is 25.7 Å². The Hall–Kier alpha value is -3.13. The maximum absolute atomic E-state index is 14.7. The van der Waals surface area contributed by atoms with Crippen LogP contribution in [0.4, 0.5) is 10.1 Å². The largest absolute Gasteiger partial charge is 0.465 e. The molecule has 0 spiro atoms. The molecule has 2 rings (SSSR count). The summed E-state index contributed by atoms with van der Waals surface area (Å²) in [6, 6.07) is 2.05. The highest BCUT2D eigenvalue weighted by molar-refractivity contribution is 6.33. The van der Waals surface area contributed by atoms with Crippen molar-refractivity contribution in [2.45, 2.75) is 6.92 Å². The molecule has 0 saturated carbocycles. The van der Waals surface area contributed by atoms with Gasteiger partial charge in [0.2, 0.25) is 0 Å². The molecule has 7 nitrogen and oxygen atoms in total. The van der Waals surface area contributed by atoms with Crippen LogP contribution in [0.2, 0.25) is 5.02 Å². The Morgan fingerprint density at radius 1 is 1.07 bits per heavy atom. The lowest BCUT2D eigenvalue weighted by Crippen LogP contribution is -2.28. The van der Waals surface area contributed by atoms with Crippen LogP contribution in [0.15, 0.2) is 47.8 Å². The molecule has 9 heteroatoms. The van der Waals surface area contributed by atoms with Crippen molar-refractivity contribution in [1.29, 1.82) is 0 Å². The predicted octanol–water partition coefficient (Wildman–Crippen LogP) is 3.15. The third kappa shape index (κ3) is 4.23. The van der Waals surface area contributed by atoms with Gasteiger partial charge in [0.25, 0.3) is 0 Å². The minimum atomic E-state index is -0.913. The molecule has 0 fully saturated rings. The normalized spacial score (nSPS) is 13.2. The van der Waals surface area contributed by atoms with Gasteiger partial charge in [0, 0.05) is 6.20 Å². The number of halogens is 2. The summed E-state index contributed by atoms with van der Waals surface area (Å²) < 4.78 is 29.1. The summed E-state index contributed by atoms with van der Waals surface area (Å²) in [5, 5.41) is -0.159. The minimum absolute atomic E-state index is 0.0925. The Kier molecular flexibility index (Phi) is 6.94. The summed E-state index contributed by atoms with van der Waals surface area (Å²) in [4.78, 5) is 37.7. The van der Waals surface area contributed by atoms with Gasteiger partial charge in [-0.3, -0.25) is 0 Å². The van der Waals surface area contributed by atoms with E-state index in [9.17, 15) is 18.8 Å². The molecule has 0 aromatic heterocycles. The molecule has 0 aliphatic carbocycles. The van der Waals surface area contributed by atoms with Gasteiger partial charge in [-0.1, -0.05) is 17.7 Å². The van der Waals surface area contributed by atoms with Crippen LogP contribution < -0.4 is 4.90 Å². The Balaban J connectivity index is 2.73. The molecule has 0 unspecified atom stereocenters.